The molecule has 2 heterocycles. The Balaban J connectivity index is 1.39. The SMILES string of the molecule is COc1ccc(CCNCc2[nH]c3ccccc3c2C2OC(=O)c3ccc(O)cc32)cc1. The molecule has 6 heteroatoms. The number of aromatic amines is 1. The first-order valence-electron chi connectivity index (χ1n) is 10.6. The van der Waals surface area contributed by atoms with Crippen LogP contribution in [0.5, 0.6) is 11.5 Å². The van der Waals surface area contributed by atoms with E-state index in [1.807, 2.05) is 36.4 Å². The number of fused-ring (bicyclic) bond motifs is 2. The van der Waals surface area contributed by atoms with Crippen molar-refractivity contribution in [1.82, 2.24) is 10.3 Å². The molecule has 6 nitrogen and oxygen atoms in total. The molecule has 1 aliphatic heterocycles. The smallest absolute Gasteiger partial charge is 0.339 e. The van der Waals surface area contributed by atoms with Crippen molar-refractivity contribution in [2.45, 2.75) is 19.1 Å². The van der Waals surface area contributed by atoms with Gasteiger partial charge < -0.3 is 24.9 Å². The lowest BCUT2D eigenvalue weighted by molar-refractivity contribution is 0.0456. The number of phenolic OH excluding ortho intramolecular Hbond substituents is 1. The van der Waals surface area contributed by atoms with Crippen LogP contribution in [0, 0.1) is 0 Å². The van der Waals surface area contributed by atoms with E-state index in [2.05, 4.69) is 22.4 Å². The molecule has 0 fully saturated rings. The van der Waals surface area contributed by atoms with E-state index in [1.165, 1.54) is 11.6 Å². The molecule has 32 heavy (non-hydrogen) atoms. The minimum Gasteiger partial charge on any atom is -0.508 e. The molecule has 3 aromatic carbocycles. The van der Waals surface area contributed by atoms with Gasteiger partial charge in [-0.2, -0.15) is 0 Å². The van der Waals surface area contributed by atoms with Crippen molar-refractivity contribution >= 4 is 16.9 Å². The van der Waals surface area contributed by atoms with Crippen LogP contribution in [0.4, 0.5) is 0 Å². The Hall–Kier alpha value is -3.77. The molecule has 1 aromatic heterocycles. The molecular weight excluding hydrogens is 404 g/mol. The number of rotatable bonds is 7. The fraction of sp³-hybridized carbons (Fsp3) is 0.192. The van der Waals surface area contributed by atoms with Crippen molar-refractivity contribution in [1.29, 1.82) is 0 Å². The second-order valence-electron chi connectivity index (χ2n) is 7.89. The zero-order valence-corrected chi connectivity index (χ0v) is 17.7. The Labute approximate surface area is 185 Å². The number of hydrogen-bond donors (Lipinski definition) is 3. The van der Waals surface area contributed by atoms with E-state index in [4.69, 9.17) is 9.47 Å². The highest BCUT2D eigenvalue weighted by molar-refractivity contribution is 5.96. The van der Waals surface area contributed by atoms with Gasteiger partial charge in [-0.1, -0.05) is 30.3 Å². The lowest BCUT2D eigenvalue weighted by atomic mass is 9.96. The molecule has 0 bridgehead atoms. The minimum absolute atomic E-state index is 0.117. The molecule has 0 aliphatic carbocycles. The van der Waals surface area contributed by atoms with Gasteiger partial charge >= 0.3 is 5.97 Å². The largest absolute Gasteiger partial charge is 0.508 e. The van der Waals surface area contributed by atoms with Crippen molar-refractivity contribution in [2.24, 2.45) is 0 Å². The normalized spacial score (nSPS) is 15.0. The number of ether oxygens (including phenoxy) is 2. The molecule has 3 N–H and O–H groups in total. The number of phenols is 1. The summed E-state index contributed by atoms with van der Waals surface area (Å²) in [5.74, 6) is 0.599. The fourth-order valence-electron chi connectivity index (χ4n) is 4.30. The topological polar surface area (TPSA) is 83.6 Å². The summed E-state index contributed by atoms with van der Waals surface area (Å²) in [6.45, 7) is 1.39. The molecule has 0 radical (unpaired) electrons. The number of hydrogen-bond acceptors (Lipinski definition) is 5. The third kappa shape index (κ3) is 3.69. The number of cyclic esters (lactones) is 1. The van der Waals surface area contributed by atoms with E-state index in [0.717, 1.165) is 40.9 Å². The van der Waals surface area contributed by atoms with Crippen LogP contribution in [0.3, 0.4) is 0 Å². The van der Waals surface area contributed by atoms with Gasteiger partial charge in [-0.15, -0.1) is 0 Å². The average molecular weight is 428 g/mol. The number of aromatic nitrogens is 1. The van der Waals surface area contributed by atoms with Crippen LogP contribution in [0.15, 0.2) is 66.7 Å². The number of H-pyrrole nitrogens is 1. The first-order valence-corrected chi connectivity index (χ1v) is 10.6. The van der Waals surface area contributed by atoms with Crippen LogP contribution in [0.1, 0.15) is 38.8 Å². The van der Waals surface area contributed by atoms with E-state index >= 15 is 0 Å². The van der Waals surface area contributed by atoms with E-state index in [1.54, 1.807) is 19.2 Å². The molecule has 0 saturated heterocycles. The summed E-state index contributed by atoms with van der Waals surface area (Å²) in [4.78, 5) is 15.9. The molecule has 1 aliphatic rings. The summed E-state index contributed by atoms with van der Waals surface area (Å²) >= 11 is 0. The van der Waals surface area contributed by atoms with Crippen LogP contribution < -0.4 is 10.1 Å². The van der Waals surface area contributed by atoms with Gasteiger partial charge in [0.1, 0.15) is 11.5 Å². The Morgan fingerprint density at radius 2 is 1.91 bits per heavy atom. The molecule has 162 valence electrons. The maximum absolute atomic E-state index is 12.5. The molecule has 5 rings (SSSR count). The Kier molecular flexibility index (Phi) is 5.29. The number of nitrogens with one attached hydrogen (secondary N) is 2. The van der Waals surface area contributed by atoms with Gasteiger partial charge in [0.2, 0.25) is 0 Å². The van der Waals surface area contributed by atoms with E-state index < -0.39 is 6.10 Å². The predicted octanol–water partition coefficient (Wildman–Crippen LogP) is 4.47. The van der Waals surface area contributed by atoms with Crippen molar-refractivity contribution < 1.29 is 19.4 Å². The van der Waals surface area contributed by atoms with Crippen LogP contribution >= 0.6 is 0 Å². The highest BCUT2D eigenvalue weighted by Crippen LogP contribution is 2.41. The summed E-state index contributed by atoms with van der Waals surface area (Å²) in [5.41, 5.74) is 5.30. The van der Waals surface area contributed by atoms with E-state index in [0.29, 0.717) is 17.7 Å². The van der Waals surface area contributed by atoms with Crippen molar-refractivity contribution in [3.8, 4) is 11.5 Å². The predicted molar refractivity (Wildman–Crippen MR) is 122 cm³/mol. The summed E-state index contributed by atoms with van der Waals surface area (Å²) in [6, 6.07) is 20.8. The van der Waals surface area contributed by atoms with Crippen molar-refractivity contribution in [2.75, 3.05) is 13.7 Å². The summed E-state index contributed by atoms with van der Waals surface area (Å²) < 4.78 is 11.0. The average Bonchev–Trinajstić information content (AvgIpc) is 3.33. The fourth-order valence-corrected chi connectivity index (χ4v) is 4.30. The number of carbonyl (C=O) groups is 1. The van der Waals surface area contributed by atoms with Gasteiger partial charge in [-0.05, 0) is 54.9 Å². The standard InChI is InChI=1S/C26H24N2O4/c1-31-18-9-6-16(7-10-18)12-13-27-15-23-24(20-4-2-3-5-22(20)28-23)25-21-14-17(29)8-11-19(21)26(30)32-25/h2-11,14,25,27-29H,12-13,15H2,1H3. The number of para-hydroxylation sites is 1. The molecule has 1 atom stereocenters. The molecule has 1 unspecified atom stereocenters. The highest BCUT2D eigenvalue weighted by atomic mass is 16.5. The Bertz CT molecular complexity index is 1280. The third-order valence-electron chi connectivity index (χ3n) is 5.90. The number of methoxy groups -OCH3 is 1. The number of esters is 1. The summed E-state index contributed by atoms with van der Waals surface area (Å²) in [7, 11) is 1.66. The lowest BCUT2D eigenvalue weighted by Gasteiger charge is -2.14. The number of benzene rings is 3. The van der Waals surface area contributed by atoms with Crippen molar-refractivity contribution in [3.63, 3.8) is 0 Å². The monoisotopic (exact) mass is 428 g/mol. The quantitative estimate of drug-likeness (QED) is 0.299. The van der Waals surface area contributed by atoms with E-state index in [-0.39, 0.29) is 11.7 Å². The second kappa shape index (κ2) is 8.40. The summed E-state index contributed by atoms with van der Waals surface area (Å²) in [6.07, 6.45) is 0.327. The molecular formula is C26H24N2O4. The molecule has 0 amide bonds. The first-order chi connectivity index (χ1) is 15.6. The van der Waals surface area contributed by atoms with Gasteiger partial charge in [0.25, 0.3) is 0 Å². The molecule has 0 saturated carbocycles. The van der Waals surface area contributed by atoms with Gasteiger partial charge in [0.15, 0.2) is 6.10 Å². The maximum atomic E-state index is 12.5. The lowest BCUT2D eigenvalue weighted by Crippen LogP contribution is -2.18. The maximum Gasteiger partial charge on any atom is 0.339 e. The Morgan fingerprint density at radius 1 is 1.09 bits per heavy atom. The number of carbonyl (C=O) groups excluding carboxylic acids is 1. The van der Waals surface area contributed by atoms with Crippen molar-refractivity contribution in [3.05, 3.63) is 94.7 Å². The molecule has 4 aromatic rings. The van der Waals surface area contributed by atoms with E-state index in [9.17, 15) is 9.90 Å². The number of aromatic hydroxyl groups is 1. The van der Waals surface area contributed by atoms with Crippen LogP contribution in [-0.2, 0) is 17.7 Å². The van der Waals surface area contributed by atoms with Crippen LogP contribution in [0.2, 0.25) is 0 Å². The highest BCUT2D eigenvalue weighted by Gasteiger charge is 2.35. The van der Waals surface area contributed by atoms with Gasteiger partial charge in [0.05, 0.1) is 12.7 Å². The first kappa shape index (κ1) is 20.2. The summed E-state index contributed by atoms with van der Waals surface area (Å²) in [5, 5.41) is 14.5. The second-order valence-corrected chi connectivity index (χ2v) is 7.89. The van der Waals surface area contributed by atoms with Crippen LogP contribution in [0.25, 0.3) is 10.9 Å². The van der Waals surface area contributed by atoms with Gasteiger partial charge in [0, 0.05) is 34.3 Å². The molecule has 0 spiro atoms. The minimum atomic E-state index is -0.556. The third-order valence-corrected chi connectivity index (χ3v) is 5.90. The Morgan fingerprint density at radius 3 is 2.72 bits per heavy atom. The van der Waals surface area contributed by atoms with Crippen LogP contribution in [-0.4, -0.2) is 29.7 Å². The zero-order valence-electron chi connectivity index (χ0n) is 17.7. The van der Waals surface area contributed by atoms with Gasteiger partial charge in [-0.25, -0.2) is 4.79 Å². The van der Waals surface area contributed by atoms with Gasteiger partial charge in [-0.3, -0.25) is 0 Å². The zero-order chi connectivity index (χ0) is 22.1.